The molecule has 0 aromatic rings. The van der Waals surface area contributed by atoms with Gasteiger partial charge in [0.25, 0.3) is 0 Å². The Morgan fingerprint density at radius 3 is 2.33 bits per heavy atom. The van der Waals surface area contributed by atoms with Crippen LogP contribution in [0.5, 0.6) is 0 Å². The molecule has 1 aliphatic carbocycles. The average Bonchev–Trinajstić information content (AvgIpc) is 2.88. The smallest absolute Gasteiger partial charge is 0.314 e. The van der Waals surface area contributed by atoms with Gasteiger partial charge in [0.1, 0.15) is 0 Å². The van der Waals surface area contributed by atoms with E-state index in [1.54, 1.807) is 0 Å². The number of carboxylic acids is 1. The van der Waals surface area contributed by atoms with Gasteiger partial charge in [0.05, 0.1) is 12.0 Å². The van der Waals surface area contributed by atoms with Gasteiger partial charge in [-0.2, -0.15) is 0 Å². The van der Waals surface area contributed by atoms with Gasteiger partial charge in [0, 0.05) is 25.6 Å². The van der Waals surface area contributed by atoms with Gasteiger partial charge in [-0.15, -0.1) is 0 Å². The monoisotopic (exact) mass is 298 g/mol. The number of carboxylic acid groups (broad SMARTS) is 1. The van der Waals surface area contributed by atoms with Crippen molar-refractivity contribution in [2.75, 3.05) is 19.7 Å². The molecule has 1 aliphatic heterocycles. The van der Waals surface area contributed by atoms with Gasteiger partial charge in [0.15, 0.2) is 0 Å². The highest BCUT2D eigenvalue weighted by Crippen LogP contribution is 2.28. The lowest BCUT2D eigenvalue weighted by molar-refractivity contribution is -0.143. The number of carbonyl (C=O) groups is 2. The molecule has 0 spiro atoms. The Morgan fingerprint density at radius 1 is 1.10 bits per heavy atom. The van der Waals surface area contributed by atoms with Gasteiger partial charge in [-0.3, -0.25) is 4.79 Å². The van der Waals surface area contributed by atoms with Crippen LogP contribution in [0, 0.1) is 17.8 Å². The van der Waals surface area contributed by atoms with E-state index in [2.05, 4.69) is 10.6 Å². The Balaban J connectivity index is 1.58. The van der Waals surface area contributed by atoms with E-state index in [4.69, 9.17) is 9.84 Å². The Hall–Kier alpha value is -1.30. The van der Waals surface area contributed by atoms with Gasteiger partial charge in [0.2, 0.25) is 0 Å². The lowest BCUT2D eigenvalue weighted by Gasteiger charge is -2.26. The molecule has 1 heterocycles. The van der Waals surface area contributed by atoms with Gasteiger partial charge in [-0.1, -0.05) is 0 Å². The second-order valence-corrected chi connectivity index (χ2v) is 6.27. The van der Waals surface area contributed by atoms with Crippen LogP contribution in [-0.2, 0) is 9.53 Å². The van der Waals surface area contributed by atoms with E-state index in [1.165, 1.54) is 0 Å². The molecule has 2 aliphatic rings. The molecule has 120 valence electrons. The molecule has 2 atom stereocenters. The van der Waals surface area contributed by atoms with Gasteiger partial charge >= 0.3 is 12.0 Å². The van der Waals surface area contributed by atoms with E-state index in [9.17, 15) is 9.59 Å². The number of amides is 2. The lowest BCUT2D eigenvalue weighted by Crippen LogP contribution is -2.41. The van der Waals surface area contributed by atoms with E-state index in [1.807, 2.05) is 6.92 Å². The third-order valence-electron chi connectivity index (χ3n) is 4.81. The standard InChI is InChI=1S/C15H26N2O4/c1-10-13(6-7-21-10)9-17-15(20)16-8-11-2-4-12(5-3-11)14(18)19/h10-13H,2-9H2,1H3,(H,18,19)(H2,16,17,20). The average molecular weight is 298 g/mol. The summed E-state index contributed by atoms with van der Waals surface area (Å²) in [7, 11) is 0. The third kappa shape index (κ3) is 4.88. The molecule has 1 saturated carbocycles. The Kier molecular flexibility index (Phi) is 5.85. The van der Waals surface area contributed by atoms with Crippen molar-refractivity contribution in [1.82, 2.24) is 10.6 Å². The molecule has 2 unspecified atom stereocenters. The first-order chi connectivity index (χ1) is 10.1. The zero-order valence-electron chi connectivity index (χ0n) is 12.6. The molecule has 3 N–H and O–H groups in total. The number of hydrogen-bond acceptors (Lipinski definition) is 3. The second kappa shape index (κ2) is 7.64. The third-order valence-corrected chi connectivity index (χ3v) is 4.81. The number of rotatable bonds is 5. The summed E-state index contributed by atoms with van der Waals surface area (Å²) >= 11 is 0. The molecular weight excluding hydrogens is 272 g/mol. The highest BCUT2D eigenvalue weighted by Gasteiger charge is 2.26. The number of nitrogens with one attached hydrogen (secondary N) is 2. The normalized spacial score (nSPS) is 32.6. The van der Waals surface area contributed by atoms with Gasteiger partial charge in [-0.05, 0) is 44.9 Å². The number of urea groups is 1. The molecule has 21 heavy (non-hydrogen) atoms. The minimum Gasteiger partial charge on any atom is -0.481 e. The zero-order chi connectivity index (χ0) is 15.2. The van der Waals surface area contributed by atoms with E-state index >= 15 is 0 Å². The van der Waals surface area contributed by atoms with Crippen LogP contribution in [0.2, 0.25) is 0 Å². The molecule has 6 nitrogen and oxygen atoms in total. The number of carbonyl (C=O) groups excluding carboxylic acids is 1. The predicted molar refractivity (Wildman–Crippen MR) is 78.0 cm³/mol. The SMILES string of the molecule is CC1OCCC1CNC(=O)NCC1CCC(C(=O)O)CC1. The predicted octanol–water partition coefficient (Wildman–Crippen LogP) is 1.60. The van der Waals surface area contributed by atoms with Crippen LogP contribution in [0.1, 0.15) is 39.0 Å². The Labute approximate surface area is 125 Å². The summed E-state index contributed by atoms with van der Waals surface area (Å²) in [5.74, 6) is -0.0761. The largest absolute Gasteiger partial charge is 0.481 e. The maximum absolute atomic E-state index is 11.8. The summed E-state index contributed by atoms with van der Waals surface area (Å²) in [5.41, 5.74) is 0. The van der Waals surface area contributed by atoms with Gasteiger partial charge in [-0.25, -0.2) is 4.79 Å². The second-order valence-electron chi connectivity index (χ2n) is 6.27. The Bertz CT molecular complexity index is 367. The Morgan fingerprint density at radius 2 is 1.76 bits per heavy atom. The molecule has 0 aromatic heterocycles. The van der Waals surface area contributed by atoms with Crippen molar-refractivity contribution in [2.24, 2.45) is 17.8 Å². The van der Waals surface area contributed by atoms with E-state index in [0.717, 1.165) is 38.7 Å². The molecule has 2 rings (SSSR count). The maximum Gasteiger partial charge on any atom is 0.314 e. The number of aliphatic carboxylic acids is 1. The molecule has 0 aromatic carbocycles. The fraction of sp³-hybridized carbons (Fsp3) is 0.867. The molecule has 2 amide bonds. The van der Waals surface area contributed by atoms with E-state index in [-0.39, 0.29) is 18.1 Å². The van der Waals surface area contributed by atoms with Crippen LogP contribution >= 0.6 is 0 Å². The van der Waals surface area contributed by atoms with Crippen molar-refractivity contribution < 1.29 is 19.4 Å². The fourth-order valence-electron chi connectivity index (χ4n) is 3.18. The molecule has 0 radical (unpaired) electrons. The first kappa shape index (κ1) is 16.1. The molecular formula is C15H26N2O4. The van der Waals surface area contributed by atoms with Crippen molar-refractivity contribution >= 4 is 12.0 Å². The highest BCUT2D eigenvalue weighted by atomic mass is 16.5. The molecule has 6 heteroatoms. The highest BCUT2D eigenvalue weighted by molar-refractivity contribution is 5.73. The summed E-state index contributed by atoms with van der Waals surface area (Å²) in [5, 5.41) is 14.7. The zero-order valence-corrected chi connectivity index (χ0v) is 12.6. The van der Waals surface area contributed by atoms with Crippen molar-refractivity contribution in [3.05, 3.63) is 0 Å². The molecule has 2 fully saturated rings. The minimum atomic E-state index is -0.688. The van der Waals surface area contributed by atoms with Crippen LogP contribution in [0.4, 0.5) is 4.79 Å². The van der Waals surface area contributed by atoms with E-state index in [0.29, 0.717) is 24.9 Å². The van der Waals surface area contributed by atoms with Gasteiger partial charge < -0.3 is 20.5 Å². The van der Waals surface area contributed by atoms with Crippen molar-refractivity contribution in [2.45, 2.75) is 45.1 Å². The topological polar surface area (TPSA) is 87.7 Å². The van der Waals surface area contributed by atoms with Crippen LogP contribution in [0.15, 0.2) is 0 Å². The molecule has 1 saturated heterocycles. The lowest BCUT2D eigenvalue weighted by atomic mass is 9.82. The van der Waals surface area contributed by atoms with Crippen molar-refractivity contribution in [3.8, 4) is 0 Å². The summed E-state index contributed by atoms with van der Waals surface area (Å²) in [6.45, 7) is 4.10. The maximum atomic E-state index is 11.8. The summed E-state index contributed by atoms with van der Waals surface area (Å²) in [6.07, 6.45) is 4.42. The minimum absolute atomic E-state index is 0.130. The summed E-state index contributed by atoms with van der Waals surface area (Å²) in [4.78, 5) is 22.6. The fourth-order valence-corrected chi connectivity index (χ4v) is 3.18. The number of hydrogen-bond donors (Lipinski definition) is 3. The van der Waals surface area contributed by atoms with Crippen LogP contribution in [0.3, 0.4) is 0 Å². The first-order valence-corrected chi connectivity index (χ1v) is 7.92. The number of ether oxygens (including phenoxy) is 1. The van der Waals surface area contributed by atoms with E-state index < -0.39 is 5.97 Å². The summed E-state index contributed by atoms with van der Waals surface area (Å²) in [6, 6.07) is -0.130. The molecule has 0 bridgehead atoms. The van der Waals surface area contributed by atoms with Crippen LogP contribution in [0.25, 0.3) is 0 Å². The van der Waals surface area contributed by atoms with Crippen LogP contribution < -0.4 is 10.6 Å². The summed E-state index contributed by atoms with van der Waals surface area (Å²) < 4.78 is 5.46. The quantitative estimate of drug-likeness (QED) is 0.719. The van der Waals surface area contributed by atoms with Crippen molar-refractivity contribution in [3.63, 3.8) is 0 Å². The first-order valence-electron chi connectivity index (χ1n) is 7.92. The van der Waals surface area contributed by atoms with Crippen LogP contribution in [-0.4, -0.2) is 42.9 Å². The van der Waals surface area contributed by atoms with Crippen molar-refractivity contribution in [1.29, 1.82) is 0 Å².